The van der Waals surface area contributed by atoms with Crippen LogP contribution in [0.15, 0.2) is 36.7 Å². The molecule has 1 aromatic carbocycles. The summed E-state index contributed by atoms with van der Waals surface area (Å²) in [4.78, 5) is 22.2. The minimum absolute atomic E-state index is 0.00262. The number of ether oxygens (including phenoxy) is 1. The number of nitrogens with one attached hydrogen (secondary N) is 2. The summed E-state index contributed by atoms with van der Waals surface area (Å²) in [5.41, 5.74) is 6.77. The van der Waals surface area contributed by atoms with Crippen molar-refractivity contribution < 1.29 is 19.0 Å². The Labute approximate surface area is 151 Å². The van der Waals surface area contributed by atoms with E-state index >= 15 is 0 Å². The minimum atomic E-state index is -0.731. The Morgan fingerprint density at radius 2 is 2.23 bits per heavy atom. The molecule has 0 saturated heterocycles. The number of hydrogen-bond acceptors (Lipinski definition) is 6. The number of hydrogen-bond donors (Lipinski definition) is 4. The van der Waals surface area contributed by atoms with Crippen LogP contribution in [0.5, 0.6) is 11.6 Å². The number of nitrogen functional groups attached to an aromatic ring is 1. The normalized spacial score (nSPS) is 10.5. The topological polar surface area (TPSA) is 126 Å². The van der Waals surface area contributed by atoms with E-state index in [1.54, 1.807) is 0 Å². The SMILES string of the molecule is Nc1ncc(O)c(-c2c[nH]c(OC(=O)NCc3ccc(F)c(Cl)c3)c2)n1. The Kier molecular flexibility index (Phi) is 4.90. The van der Waals surface area contributed by atoms with Gasteiger partial charge in [0.25, 0.3) is 0 Å². The molecule has 0 aliphatic heterocycles. The van der Waals surface area contributed by atoms with Crippen LogP contribution in [0.4, 0.5) is 15.1 Å². The van der Waals surface area contributed by atoms with E-state index in [4.69, 9.17) is 22.1 Å². The Balaban J connectivity index is 1.62. The van der Waals surface area contributed by atoms with Gasteiger partial charge in [0.15, 0.2) is 5.75 Å². The van der Waals surface area contributed by atoms with Gasteiger partial charge in [-0.25, -0.2) is 19.2 Å². The fraction of sp³-hybridized carbons (Fsp3) is 0.0625. The van der Waals surface area contributed by atoms with Crippen LogP contribution in [0.2, 0.25) is 5.02 Å². The molecule has 0 aliphatic carbocycles. The number of carbonyl (C=O) groups is 1. The van der Waals surface area contributed by atoms with Crippen LogP contribution in [0.25, 0.3) is 11.3 Å². The van der Waals surface area contributed by atoms with Crippen molar-refractivity contribution >= 4 is 23.6 Å². The molecule has 5 N–H and O–H groups in total. The number of aromatic nitrogens is 3. The number of nitrogens with zero attached hydrogens (tertiary/aromatic N) is 2. The second-order valence-corrected chi connectivity index (χ2v) is 5.61. The lowest BCUT2D eigenvalue weighted by atomic mass is 10.2. The lowest BCUT2D eigenvalue weighted by Gasteiger charge is -2.06. The number of H-pyrrole nitrogens is 1. The Hall–Kier alpha value is -3.33. The third-order valence-corrected chi connectivity index (χ3v) is 3.63. The van der Waals surface area contributed by atoms with Crippen LogP contribution in [0, 0.1) is 5.82 Å². The van der Waals surface area contributed by atoms with E-state index in [9.17, 15) is 14.3 Å². The average molecular weight is 378 g/mol. The lowest BCUT2D eigenvalue weighted by molar-refractivity contribution is 0.198. The molecule has 26 heavy (non-hydrogen) atoms. The molecular formula is C16H13ClFN5O3. The predicted octanol–water partition coefficient (Wildman–Crippen LogP) is 2.84. The molecule has 10 heteroatoms. The van der Waals surface area contributed by atoms with Gasteiger partial charge in [0.1, 0.15) is 11.5 Å². The van der Waals surface area contributed by atoms with Gasteiger partial charge in [-0.15, -0.1) is 0 Å². The molecule has 0 unspecified atom stereocenters. The zero-order valence-electron chi connectivity index (χ0n) is 13.2. The van der Waals surface area contributed by atoms with E-state index in [0.29, 0.717) is 11.1 Å². The highest BCUT2D eigenvalue weighted by Gasteiger charge is 2.12. The number of carbonyl (C=O) groups excluding carboxylic acids is 1. The van der Waals surface area contributed by atoms with Crippen molar-refractivity contribution in [1.29, 1.82) is 0 Å². The van der Waals surface area contributed by atoms with E-state index in [2.05, 4.69) is 20.3 Å². The minimum Gasteiger partial charge on any atom is -0.504 e. The van der Waals surface area contributed by atoms with Gasteiger partial charge >= 0.3 is 6.09 Å². The second-order valence-electron chi connectivity index (χ2n) is 5.21. The van der Waals surface area contributed by atoms with Gasteiger partial charge in [-0.05, 0) is 17.7 Å². The summed E-state index contributed by atoms with van der Waals surface area (Å²) < 4.78 is 18.2. The number of benzene rings is 1. The van der Waals surface area contributed by atoms with Gasteiger partial charge in [-0.1, -0.05) is 17.7 Å². The van der Waals surface area contributed by atoms with Crippen LogP contribution in [0.3, 0.4) is 0 Å². The summed E-state index contributed by atoms with van der Waals surface area (Å²) in [5, 5.41) is 12.3. The van der Waals surface area contributed by atoms with Crippen LogP contribution in [-0.2, 0) is 6.54 Å². The first-order valence-electron chi connectivity index (χ1n) is 7.32. The first kappa shape index (κ1) is 17.5. The number of aromatic hydroxyl groups is 1. The number of aromatic amines is 1. The molecule has 8 nitrogen and oxygen atoms in total. The zero-order valence-corrected chi connectivity index (χ0v) is 13.9. The van der Waals surface area contributed by atoms with E-state index in [0.717, 1.165) is 0 Å². The lowest BCUT2D eigenvalue weighted by Crippen LogP contribution is -2.26. The van der Waals surface area contributed by atoms with Crippen molar-refractivity contribution in [3.8, 4) is 22.9 Å². The fourth-order valence-corrected chi connectivity index (χ4v) is 2.33. The summed E-state index contributed by atoms with van der Waals surface area (Å²) in [6, 6.07) is 5.58. The summed E-state index contributed by atoms with van der Waals surface area (Å²) in [5.74, 6) is -0.573. The number of anilines is 1. The maximum atomic E-state index is 13.1. The first-order valence-corrected chi connectivity index (χ1v) is 7.70. The largest absolute Gasteiger partial charge is 0.504 e. The van der Waals surface area contributed by atoms with Gasteiger partial charge < -0.3 is 25.9 Å². The quantitative estimate of drug-likeness (QED) is 0.553. The van der Waals surface area contributed by atoms with E-state index < -0.39 is 11.9 Å². The Morgan fingerprint density at radius 1 is 1.42 bits per heavy atom. The standard InChI is InChI=1S/C16H13ClFN5O3/c17-10-3-8(1-2-11(10)18)5-22-16(25)26-13-4-9(6-20-13)14-12(24)7-21-15(19)23-14/h1-4,6-7,20,24H,5H2,(H,22,25)(H2,19,21,23). The molecular weight excluding hydrogens is 365 g/mol. The average Bonchev–Trinajstić information content (AvgIpc) is 3.06. The van der Waals surface area contributed by atoms with E-state index in [1.807, 2.05) is 0 Å². The molecule has 0 aliphatic rings. The van der Waals surface area contributed by atoms with Gasteiger partial charge in [0.05, 0.1) is 11.2 Å². The highest BCUT2D eigenvalue weighted by atomic mass is 35.5. The van der Waals surface area contributed by atoms with E-state index in [1.165, 1.54) is 36.7 Å². The van der Waals surface area contributed by atoms with Gasteiger partial charge in [-0.3, -0.25) is 0 Å². The fourth-order valence-electron chi connectivity index (χ4n) is 2.13. The summed E-state index contributed by atoms with van der Waals surface area (Å²) in [7, 11) is 0. The molecule has 1 amide bonds. The number of nitrogens with two attached hydrogens (primary N) is 1. The Bertz CT molecular complexity index is 963. The molecule has 0 atom stereocenters. The van der Waals surface area contributed by atoms with Crippen molar-refractivity contribution in [3.63, 3.8) is 0 Å². The van der Waals surface area contributed by atoms with Crippen molar-refractivity contribution in [3.05, 3.63) is 53.1 Å². The molecule has 0 spiro atoms. The maximum absolute atomic E-state index is 13.1. The van der Waals surface area contributed by atoms with Gasteiger partial charge in [0.2, 0.25) is 11.8 Å². The molecule has 0 bridgehead atoms. The molecule has 134 valence electrons. The molecule has 2 heterocycles. The number of amides is 1. The first-order chi connectivity index (χ1) is 12.4. The third kappa shape index (κ3) is 4.01. The van der Waals surface area contributed by atoms with Crippen LogP contribution in [0.1, 0.15) is 5.56 Å². The van der Waals surface area contributed by atoms with Crippen molar-refractivity contribution in [2.45, 2.75) is 6.54 Å². The van der Waals surface area contributed by atoms with Gasteiger partial charge in [-0.2, -0.15) is 0 Å². The molecule has 0 saturated carbocycles. The molecule has 0 radical (unpaired) electrons. The molecule has 0 fully saturated rings. The second kappa shape index (κ2) is 7.28. The molecule has 2 aromatic heterocycles. The zero-order chi connectivity index (χ0) is 18.7. The highest BCUT2D eigenvalue weighted by Crippen LogP contribution is 2.29. The van der Waals surface area contributed by atoms with Crippen LogP contribution < -0.4 is 15.8 Å². The van der Waals surface area contributed by atoms with Crippen molar-refractivity contribution in [2.24, 2.45) is 0 Å². The van der Waals surface area contributed by atoms with Crippen LogP contribution in [-0.4, -0.2) is 26.2 Å². The van der Waals surface area contributed by atoms with Crippen molar-refractivity contribution in [1.82, 2.24) is 20.3 Å². The highest BCUT2D eigenvalue weighted by molar-refractivity contribution is 6.30. The monoisotopic (exact) mass is 377 g/mol. The summed E-state index contributed by atoms with van der Waals surface area (Å²) in [6.07, 6.45) is 1.93. The number of halogens is 2. The van der Waals surface area contributed by atoms with Crippen molar-refractivity contribution in [2.75, 3.05) is 5.73 Å². The van der Waals surface area contributed by atoms with Crippen LogP contribution >= 0.6 is 11.6 Å². The maximum Gasteiger partial charge on any atom is 0.414 e. The third-order valence-electron chi connectivity index (χ3n) is 3.34. The van der Waals surface area contributed by atoms with E-state index in [-0.39, 0.29) is 34.8 Å². The summed E-state index contributed by atoms with van der Waals surface area (Å²) in [6.45, 7) is 0.107. The summed E-state index contributed by atoms with van der Waals surface area (Å²) >= 11 is 5.68. The molecule has 3 rings (SSSR count). The predicted molar refractivity (Wildman–Crippen MR) is 92.2 cm³/mol. The number of rotatable bonds is 4. The Morgan fingerprint density at radius 3 is 3.00 bits per heavy atom. The van der Waals surface area contributed by atoms with Gasteiger partial charge in [0, 0.05) is 24.4 Å². The smallest absolute Gasteiger partial charge is 0.414 e. The molecule has 3 aromatic rings.